The number of furan rings is 1. The standard InChI is InChI=1S/C9H12BrNO5S2/c1-5(17-2)4-11-18(14,15)7-3-6(9(12)13)16-8(7)10/h3,5,11H,4H2,1-2H3,(H,12,13). The highest BCUT2D eigenvalue weighted by atomic mass is 79.9. The largest absolute Gasteiger partial charge is 0.475 e. The average Bonchev–Trinajstić information content (AvgIpc) is 2.69. The summed E-state index contributed by atoms with van der Waals surface area (Å²) in [4.78, 5) is 10.5. The van der Waals surface area contributed by atoms with Gasteiger partial charge in [-0.2, -0.15) is 11.8 Å². The average molecular weight is 358 g/mol. The fraction of sp³-hybridized carbons (Fsp3) is 0.444. The van der Waals surface area contributed by atoms with Crippen molar-refractivity contribution in [3.63, 3.8) is 0 Å². The van der Waals surface area contributed by atoms with Gasteiger partial charge < -0.3 is 9.52 Å². The molecule has 0 fully saturated rings. The van der Waals surface area contributed by atoms with Crippen LogP contribution >= 0.6 is 27.7 Å². The molecular weight excluding hydrogens is 346 g/mol. The Labute approximate surface area is 117 Å². The molecule has 0 aliphatic rings. The summed E-state index contributed by atoms with van der Waals surface area (Å²) in [5.41, 5.74) is 0. The van der Waals surface area contributed by atoms with Crippen molar-refractivity contribution in [1.82, 2.24) is 4.72 Å². The van der Waals surface area contributed by atoms with Crippen LogP contribution in [0.3, 0.4) is 0 Å². The Morgan fingerprint density at radius 2 is 2.28 bits per heavy atom. The van der Waals surface area contributed by atoms with Crippen molar-refractivity contribution in [3.05, 3.63) is 16.5 Å². The zero-order chi connectivity index (χ0) is 13.9. The Morgan fingerprint density at radius 3 is 2.72 bits per heavy atom. The second-order valence-corrected chi connectivity index (χ2v) is 7.18. The molecule has 0 aromatic carbocycles. The van der Waals surface area contributed by atoms with E-state index < -0.39 is 21.8 Å². The third kappa shape index (κ3) is 3.74. The molecule has 0 spiro atoms. The predicted octanol–water partition coefficient (Wildman–Crippen LogP) is 1.77. The maximum atomic E-state index is 11.9. The van der Waals surface area contributed by atoms with Crippen molar-refractivity contribution in [1.29, 1.82) is 0 Å². The molecule has 1 heterocycles. The van der Waals surface area contributed by atoms with Gasteiger partial charge in [-0.15, -0.1) is 0 Å². The number of thioether (sulfide) groups is 1. The highest BCUT2D eigenvalue weighted by molar-refractivity contribution is 9.10. The molecule has 0 aliphatic carbocycles. The molecule has 0 saturated heterocycles. The summed E-state index contributed by atoms with van der Waals surface area (Å²) >= 11 is 4.41. The van der Waals surface area contributed by atoms with Crippen LogP contribution in [-0.2, 0) is 10.0 Å². The molecular formula is C9H12BrNO5S2. The summed E-state index contributed by atoms with van der Waals surface area (Å²) in [6, 6.07) is 0.971. The molecule has 0 amide bonds. The van der Waals surface area contributed by atoms with Crippen molar-refractivity contribution >= 4 is 43.7 Å². The molecule has 1 rings (SSSR count). The Bertz CT molecular complexity index is 539. The van der Waals surface area contributed by atoms with Gasteiger partial charge in [-0.25, -0.2) is 17.9 Å². The highest BCUT2D eigenvalue weighted by Crippen LogP contribution is 2.26. The van der Waals surface area contributed by atoms with E-state index in [1.165, 1.54) is 11.8 Å². The summed E-state index contributed by atoms with van der Waals surface area (Å²) in [6.45, 7) is 2.13. The van der Waals surface area contributed by atoms with E-state index in [1.54, 1.807) is 0 Å². The molecule has 0 bridgehead atoms. The van der Waals surface area contributed by atoms with Gasteiger partial charge in [-0.05, 0) is 22.2 Å². The third-order valence-electron chi connectivity index (χ3n) is 2.12. The van der Waals surface area contributed by atoms with Crippen LogP contribution in [-0.4, -0.2) is 37.5 Å². The first-order valence-corrected chi connectivity index (χ1v) is 8.39. The van der Waals surface area contributed by atoms with E-state index >= 15 is 0 Å². The first-order chi connectivity index (χ1) is 8.27. The molecule has 0 aliphatic heterocycles. The summed E-state index contributed by atoms with van der Waals surface area (Å²) in [5.74, 6) is -1.75. The van der Waals surface area contributed by atoms with E-state index in [4.69, 9.17) is 9.52 Å². The molecule has 102 valence electrons. The summed E-state index contributed by atoms with van der Waals surface area (Å²) < 4.78 is 30.9. The summed E-state index contributed by atoms with van der Waals surface area (Å²) in [6.07, 6.45) is 1.87. The van der Waals surface area contributed by atoms with Gasteiger partial charge in [0.05, 0.1) is 0 Å². The molecule has 18 heavy (non-hydrogen) atoms. The monoisotopic (exact) mass is 357 g/mol. The number of hydrogen-bond acceptors (Lipinski definition) is 5. The molecule has 6 nitrogen and oxygen atoms in total. The van der Waals surface area contributed by atoms with Gasteiger partial charge in [0.1, 0.15) is 4.90 Å². The SMILES string of the molecule is CSC(C)CNS(=O)(=O)c1cc(C(=O)O)oc1Br. The maximum Gasteiger partial charge on any atom is 0.371 e. The molecule has 9 heteroatoms. The lowest BCUT2D eigenvalue weighted by Gasteiger charge is -2.09. The molecule has 0 saturated carbocycles. The minimum atomic E-state index is -3.78. The summed E-state index contributed by atoms with van der Waals surface area (Å²) in [7, 11) is -3.78. The predicted molar refractivity (Wildman–Crippen MR) is 71.5 cm³/mol. The fourth-order valence-electron chi connectivity index (χ4n) is 1.03. The summed E-state index contributed by atoms with van der Waals surface area (Å²) in [5, 5.41) is 8.83. The fourth-order valence-corrected chi connectivity index (χ4v) is 3.45. The van der Waals surface area contributed by atoms with Crippen LogP contribution in [0.15, 0.2) is 20.0 Å². The van der Waals surface area contributed by atoms with Crippen molar-refractivity contribution in [2.75, 3.05) is 12.8 Å². The number of nitrogens with one attached hydrogen (secondary N) is 1. The van der Waals surface area contributed by atoms with Gasteiger partial charge in [-0.1, -0.05) is 6.92 Å². The quantitative estimate of drug-likeness (QED) is 0.805. The Balaban J connectivity index is 2.95. The Morgan fingerprint density at radius 1 is 1.67 bits per heavy atom. The van der Waals surface area contributed by atoms with Crippen molar-refractivity contribution < 1.29 is 22.7 Å². The zero-order valence-electron chi connectivity index (χ0n) is 9.64. The van der Waals surface area contributed by atoms with Gasteiger partial charge in [0.2, 0.25) is 15.8 Å². The number of rotatable bonds is 6. The minimum Gasteiger partial charge on any atom is -0.475 e. The molecule has 1 atom stereocenters. The lowest BCUT2D eigenvalue weighted by Crippen LogP contribution is -2.29. The van der Waals surface area contributed by atoms with E-state index in [-0.39, 0.29) is 21.4 Å². The number of halogens is 1. The third-order valence-corrected chi connectivity index (χ3v) is 5.37. The number of carboxylic acids is 1. The van der Waals surface area contributed by atoms with E-state index in [2.05, 4.69) is 20.7 Å². The van der Waals surface area contributed by atoms with Crippen LogP contribution in [0, 0.1) is 0 Å². The molecule has 2 N–H and O–H groups in total. The van der Waals surface area contributed by atoms with E-state index in [0.29, 0.717) is 0 Å². The van der Waals surface area contributed by atoms with Crippen LogP contribution in [0.4, 0.5) is 0 Å². The van der Waals surface area contributed by atoms with Gasteiger partial charge in [-0.3, -0.25) is 0 Å². The second-order valence-electron chi connectivity index (χ2n) is 3.45. The van der Waals surface area contributed by atoms with Crippen LogP contribution < -0.4 is 4.72 Å². The van der Waals surface area contributed by atoms with Gasteiger partial charge in [0.25, 0.3) is 0 Å². The number of hydrogen-bond donors (Lipinski definition) is 2. The first-order valence-electron chi connectivity index (χ1n) is 4.83. The van der Waals surface area contributed by atoms with E-state index in [0.717, 1.165) is 6.07 Å². The highest BCUT2D eigenvalue weighted by Gasteiger charge is 2.24. The molecule has 1 aromatic rings. The Kier molecular flexibility index (Phi) is 5.26. The molecule has 1 aromatic heterocycles. The molecule has 1 unspecified atom stereocenters. The van der Waals surface area contributed by atoms with Gasteiger partial charge in [0, 0.05) is 17.9 Å². The van der Waals surface area contributed by atoms with Crippen LogP contribution in [0.2, 0.25) is 0 Å². The number of aromatic carboxylic acids is 1. The number of carbonyl (C=O) groups is 1. The van der Waals surface area contributed by atoms with Crippen molar-refractivity contribution in [2.24, 2.45) is 0 Å². The van der Waals surface area contributed by atoms with Gasteiger partial charge >= 0.3 is 5.97 Å². The van der Waals surface area contributed by atoms with Crippen LogP contribution in [0.25, 0.3) is 0 Å². The lowest BCUT2D eigenvalue weighted by molar-refractivity contribution is 0.0661. The number of carboxylic acid groups (broad SMARTS) is 1. The van der Waals surface area contributed by atoms with Crippen LogP contribution in [0.5, 0.6) is 0 Å². The first kappa shape index (κ1) is 15.5. The maximum absolute atomic E-state index is 11.9. The minimum absolute atomic E-state index is 0.115. The smallest absolute Gasteiger partial charge is 0.371 e. The van der Waals surface area contributed by atoms with Crippen molar-refractivity contribution in [3.8, 4) is 0 Å². The van der Waals surface area contributed by atoms with Gasteiger partial charge in [0.15, 0.2) is 4.67 Å². The van der Waals surface area contributed by atoms with E-state index in [9.17, 15) is 13.2 Å². The van der Waals surface area contributed by atoms with Crippen molar-refractivity contribution in [2.45, 2.75) is 17.1 Å². The van der Waals surface area contributed by atoms with Crippen LogP contribution in [0.1, 0.15) is 17.5 Å². The Hall–Kier alpha value is -0.510. The zero-order valence-corrected chi connectivity index (χ0v) is 12.9. The van der Waals surface area contributed by atoms with E-state index in [1.807, 2.05) is 13.2 Å². The molecule has 0 radical (unpaired) electrons. The second kappa shape index (κ2) is 6.09. The topological polar surface area (TPSA) is 96.6 Å². The normalized spacial score (nSPS) is 13.5. The number of sulfonamides is 1. The lowest BCUT2D eigenvalue weighted by atomic mass is 10.5.